The molecule has 0 atom stereocenters. The summed E-state index contributed by atoms with van der Waals surface area (Å²) in [6, 6.07) is 9.19. The number of fused-ring (bicyclic) bond motifs is 4. The second-order valence-electron chi connectivity index (χ2n) is 13.0. The van der Waals surface area contributed by atoms with Gasteiger partial charge in [0.2, 0.25) is 5.36 Å². The van der Waals surface area contributed by atoms with Crippen molar-refractivity contribution in [2.75, 3.05) is 44.2 Å². The Balaban J connectivity index is 1.40. The van der Waals surface area contributed by atoms with Gasteiger partial charge in [-0.25, -0.2) is 4.58 Å². The van der Waals surface area contributed by atoms with Crippen molar-refractivity contribution in [2.45, 2.75) is 57.8 Å². The molecule has 0 bridgehead atoms. The number of hydrogen-bond donors (Lipinski definition) is 1. The maximum atomic E-state index is 13.3. The van der Waals surface area contributed by atoms with E-state index in [0.29, 0.717) is 24.1 Å². The number of hydrogen-bond acceptors (Lipinski definition) is 6. The van der Waals surface area contributed by atoms with Crippen LogP contribution >= 0.6 is 0 Å². The zero-order valence-corrected chi connectivity index (χ0v) is 25.9. The van der Waals surface area contributed by atoms with Crippen LogP contribution in [0.15, 0.2) is 35.4 Å². The Labute approximate surface area is 266 Å². The molecule has 3 aromatic rings. The molecule has 0 unspecified atom stereocenters. The lowest BCUT2D eigenvalue weighted by Gasteiger charge is -2.39. The maximum Gasteiger partial charge on any atom is 0.251 e. The third-order valence-corrected chi connectivity index (χ3v) is 10.2. The fraction of sp³-hybridized carbons (Fsp3) is 0.417. The molecule has 46 heavy (non-hydrogen) atoms. The zero-order chi connectivity index (χ0) is 31.4. The number of aromatic carboxylic acids is 1. The first kappa shape index (κ1) is 28.6. The van der Waals surface area contributed by atoms with Crippen LogP contribution < -0.4 is 35.2 Å². The molecule has 0 saturated carbocycles. The van der Waals surface area contributed by atoms with E-state index in [4.69, 9.17) is 10.3 Å². The van der Waals surface area contributed by atoms with Gasteiger partial charge in [0.15, 0.2) is 0 Å². The van der Waals surface area contributed by atoms with E-state index in [2.05, 4.69) is 37.0 Å². The Morgan fingerprint density at radius 1 is 0.957 bits per heavy atom. The smallest absolute Gasteiger partial charge is 0.251 e. The molecule has 5 heterocycles. The van der Waals surface area contributed by atoms with Gasteiger partial charge in [-0.15, -0.1) is 0 Å². The molecule has 0 spiro atoms. The number of rotatable bonds is 7. The molecular formula is C36H36N6O4. The van der Waals surface area contributed by atoms with E-state index in [9.17, 15) is 14.7 Å². The summed E-state index contributed by atoms with van der Waals surface area (Å²) < 4.78 is 9.58. The molecule has 0 aliphatic carbocycles. The van der Waals surface area contributed by atoms with Crippen LogP contribution in [0, 0.1) is 0 Å². The molecule has 5 aliphatic rings. The van der Waals surface area contributed by atoms with Crippen LogP contribution in [0.4, 0.5) is 5.69 Å². The SMILES string of the molecule is [N-]=[N+]=NCCCNC(=O)c1ccc(C(=O)[O-])c(C2=c3cc4c5c(c3Oc3c2cc2c6c3CCCN6CCC2)CCC[N+]=5CCC4)c1. The van der Waals surface area contributed by atoms with Crippen molar-refractivity contribution >= 4 is 23.1 Å². The monoisotopic (exact) mass is 616 g/mol. The largest absolute Gasteiger partial charge is 0.545 e. The lowest BCUT2D eigenvalue weighted by atomic mass is 9.81. The van der Waals surface area contributed by atoms with Crippen LogP contribution in [0.5, 0.6) is 11.5 Å². The average molecular weight is 617 g/mol. The van der Waals surface area contributed by atoms with Gasteiger partial charge in [0.1, 0.15) is 24.6 Å². The Kier molecular flexibility index (Phi) is 7.17. The molecule has 10 heteroatoms. The molecule has 10 nitrogen and oxygen atoms in total. The number of carboxylic acids is 1. The number of benzene rings is 3. The molecule has 1 N–H and O–H groups in total. The lowest BCUT2D eigenvalue weighted by Crippen LogP contribution is -2.45. The molecule has 0 saturated heterocycles. The van der Waals surface area contributed by atoms with Gasteiger partial charge in [-0.1, -0.05) is 11.2 Å². The summed E-state index contributed by atoms with van der Waals surface area (Å²) in [4.78, 5) is 31.3. The molecule has 0 aromatic heterocycles. The predicted molar refractivity (Wildman–Crippen MR) is 172 cm³/mol. The minimum absolute atomic E-state index is 0.0506. The van der Waals surface area contributed by atoms with Crippen LogP contribution in [0.25, 0.3) is 16.0 Å². The van der Waals surface area contributed by atoms with E-state index in [1.54, 1.807) is 12.1 Å². The summed E-state index contributed by atoms with van der Waals surface area (Å²) in [6.07, 6.45) is 8.47. The summed E-state index contributed by atoms with van der Waals surface area (Å²) in [5.74, 6) is 0.0604. The number of anilines is 1. The van der Waals surface area contributed by atoms with Crippen LogP contribution in [0.1, 0.15) is 86.2 Å². The van der Waals surface area contributed by atoms with Crippen molar-refractivity contribution in [3.63, 3.8) is 0 Å². The summed E-state index contributed by atoms with van der Waals surface area (Å²) in [6.45, 7) is 4.76. The zero-order valence-electron chi connectivity index (χ0n) is 25.9. The number of amides is 1. The van der Waals surface area contributed by atoms with Gasteiger partial charge in [-0.3, -0.25) is 4.79 Å². The van der Waals surface area contributed by atoms with Crippen molar-refractivity contribution in [1.82, 2.24) is 9.89 Å². The second kappa shape index (κ2) is 11.5. The van der Waals surface area contributed by atoms with Crippen LogP contribution in [-0.4, -0.2) is 51.1 Å². The van der Waals surface area contributed by atoms with Gasteiger partial charge >= 0.3 is 0 Å². The summed E-state index contributed by atoms with van der Waals surface area (Å²) in [5.41, 5.74) is 17.4. The minimum atomic E-state index is -1.28. The highest BCUT2D eigenvalue weighted by atomic mass is 16.5. The predicted octanol–water partition coefficient (Wildman–Crippen LogP) is 2.92. The highest BCUT2D eigenvalue weighted by Gasteiger charge is 2.36. The van der Waals surface area contributed by atoms with E-state index in [-0.39, 0.29) is 18.0 Å². The molecule has 5 aliphatic heterocycles. The van der Waals surface area contributed by atoms with Crippen LogP contribution in [-0.2, 0) is 25.7 Å². The normalized spacial score (nSPS) is 17.1. The molecule has 3 aromatic carbocycles. The highest BCUT2D eigenvalue weighted by molar-refractivity contribution is 6.02. The number of carbonyl (C=O) groups is 2. The van der Waals surface area contributed by atoms with Crippen molar-refractivity contribution in [1.29, 1.82) is 0 Å². The maximum absolute atomic E-state index is 13.3. The third-order valence-electron chi connectivity index (χ3n) is 10.2. The summed E-state index contributed by atoms with van der Waals surface area (Å²) in [7, 11) is 0. The van der Waals surface area contributed by atoms with Crippen LogP contribution in [0.2, 0.25) is 0 Å². The Morgan fingerprint density at radius 2 is 1.74 bits per heavy atom. The van der Waals surface area contributed by atoms with E-state index in [0.717, 1.165) is 105 Å². The number of nitrogens with zero attached hydrogens (tertiary/aromatic N) is 5. The molecule has 0 fully saturated rings. The van der Waals surface area contributed by atoms with E-state index in [1.165, 1.54) is 39.4 Å². The Bertz CT molecular complexity index is 2010. The molecule has 0 radical (unpaired) electrons. The van der Waals surface area contributed by atoms with Crippen molar-refractivity contribution in [3.05, 3.63) is 95.9 Å². The van der Waals surface area contributed by atoms with Crippen molar-refractivity contribution < 1.29 is 19.4 Å². The minimum Gasteiger partial charge on any atom is -0.545 e. The summed E-state index contributed by atoms with van der Waals surface area (Å²) in [5, 5.41) is 21.4. The highest BCUT2D eigenvalue weighted by Crippen LogP contribution is 2.48. The lowest BCUT2D eigenvalue weighted by molar-refractivity contribution is -0.255. The first-order valence-corrected chi connectivity index (χ1v) is 16.6. The van der Waals surface area contributed by atoms with Crippen LogP contribution in [0.3, 0.4) is 0 Å². The second-order valence-corrected chi connectivity index (χ2v) is 13.0. The third kappa shape index (κ3) is 4.62. The fourth-order valence-corrected chi connectivity index (χ4v) is 8.37. The van der Waals surface area contributed by atoms with Gasteiger partial charge in [0.05, 0.1) is 11.5 Å². The molecule has 8 rings (SSSR count). The van der Waals surface area contributed by atoms with Crippen molar-refractivity contribution in [2.24, 2.45) is 5.11 Å². The topological polar surface area (TPSA) is 133 Å². The number of nitrogens with one attached hydrogen (secondary N) is 1. The van der Waals surface area contributed by atoms with Gasteiger partial charge in [0, 0.05) is 88.2 Å². The van der Waals surface area contributed by atoms with Gasteiger partial charge in [-0.2, -0.15) is 0 Å². The van der Waals surface area contributed by atoms with Gasteiger partial charge < -0.3 is 24.9 Å². The molecule has 234 valence electrons. The number of carbonyl (C=O) groups excluding carboxylic acids is 2. The Hall–Kier alpha value is -4.82. The van der Waals surface area contributed by atoms with Gasteiger partial charge in [-0.05, 0) is 85.9 Å². The summed E-state index contributed by atoms with van der Waals surface area (Å²) >= 11 is 0. The number of carboxylic acid groups (broad SMARTS) is 1. The molecular weight excluding hydrogens is 580 g/mol. The van der Waals surface area contributed by atoms with E-state index < -0.39 is 5.97 Å². The average Bonchev–Trinajstić information content (AvgIpc) is 3.07. The number of ether oxygens (including phenoxy) is 1. The Morgan fingerprint density at radius 3 is 2.57 bits per heavy atom. The first-order valence-electron chi connectivity index (χ1n) is 16.6. The quantitative estimate of drug-likeness (QED) is 0.112. The fourth-order valence-electron chi connectivity index (χ4n) is 8.37. The van der Waals surface area contributed by atoms with E-state index >= 15 is 0 Å². The van der Waals surface area contributed by atoms with Gasteiger partial charge in [0.25, 0.3) is 5.91 Å². The van der Waals surface area contributed by atoms with Crippen molar-refractivity contribution in [3.8, 4) is 11.5 Å². The van der Waals surface area contributed by atoms with E-state index in [1.807, 2.05) is 0 Å². The molecule has 1 amide bonds. The first-order chi connectivity index (χ1) is 22.5. The number of aryl methyl sites for hydroxylation is 2. The standard InChI is InChI=1S/C36H36N6O4/c37-40-39-13-5-12-38-35(43)23-10-11-24(36(44)45)27(20-23)30-28-18-21-6-1-14-41-16-3-8-25(31(21)41)33(28)46-34-26-9-4-17-42-15-2-7-22(32(26)42)19-29(30)34/h10-11,18-20H,1-9,12-17H2,(H-,38,43,44,45). The number of azide groups is 1.